The monoisotopic (exact) mass is 279 g/mol. The molecule has 0 spiro atoms. The summed E-state index contributed by atoms with van der Waals surface area (Å²) in [7, 11) is 1.33. The molecule has 1 atom stereocenters. The predicted molar refractivity (Wildman–Crippen MR) is 80.3 cm³/mol. The van der Waals surface area contributed by atoms with E-state index in [4.69, 9.17) is 0 Å². The standard InChI is InChI=1S/C14H19NO3.C2H6/c1-11(16)15-13(14(17)18-2)10-6-9-12-7-4-3-5-8-12;1-2/h3-5,7-8,13H,6,9-10H2,1-2H3,(H,15,16);1-2H3. The molecule has 4 nitrogen and oxygen atoms in total. The molecule has 1 unspecified atom stereocenters. The fraction of sp³-hybridized carbons (Fsp3) is 0.500. The van der Waals surface area contributed by atoms with E-state index in [9.17, 15) is 9.59 Å². The number of methoxy groups -OCH3 is 1. The molecular formula is C16H25NO3. The van der Waals surface area contributed by atoms with Crippen LogP contribution in [0.3, 0.4) is 0 Å². The second-order valence-corrected chi connectivity index (χ2v) is 4.15. The summed E-state index contributed by atoms with van der Waals surface area (Å²) < 4.78 is 4.66. The van der Waals surface area contributed by atoms with Gasteiger partial charge in [-0.05, 0) is 24.8 Å². The zero-order valence-electron chi connectivity index (χ0n) is 12.8. The van der Waals surface area contributed by atoms with Gasteiger partial charge in [-0.15, -0.1) is 0 Å². The highest BCUT2D eigenvalue weighted by Crippen LogP contribution is 2.07. The number of carbonyl (C=O) groups is 2. The lowest BCUT2D eigenvalue weighted by molar-refractivity contribution is -0.145. The second kappa shape index (κ2) is 11.0. The van der Waals surface area contributed by atoms with Crippen molar-refractivity contribution in [3.8, 4) is 0 Å². The van der Waals surface area contributed by atoms with E-state index in [0.717, 1.165) is 12.8 Å². The molecule has 1 rings (SSSR count). The minimum atomic E-state index is -0.545. The van der Waals surface area contributed by atoms with E-state index >= 15 is 0 Å². The van der Waals surface area contributed by atoms with Crippen LogP contribution in [-0.2, 0) is 20.7 Å². The summed E-state index contributed by atoms with van der Waals surface area (Å²) in [6, 6.07) is 9.49. The lowest BCUT2D eigenvalue weighted by Gasteiger charge is -2.15. The Morgan fingerprint density at radius 3 is 2.30 bits per heavy atom. The van der Waals surface area contributed by atoms with E-state index < -0.39 is 12.0 Å². The summed E-state index contributed by atoms with van der Waals surface area (Å²) in [4.78, 5) is 22.4. The number of aryl methyl sites for hydroxylation is 1. The molecule has 1 amide bonds. The highest BCUT2D eigenvalue weighted by Gasteiger charge is 2.19. The van der Waals surface area contributed by atoms with E-state index in [-0.39, 0.29) is 5.91 Å². The molecule has 20 heavy (non-hydrogen) atoms. The maximum absolute atomic E-state index is 11.5. The van der Waals surface area contributed by atoms with Gasteiger partial charge in [-0.25, -0.2) is 4.79 Å². The van der Waals surface area contributed by atoms with Crippen molar-refractivity contribution in [1.82, 2.24) is 5.32 Å². The molecule has 0 aliphatic heterocycles. The third-order valence-corrected chi connectivity index (χ3v) is 2.66. The third kappa shape index (κ3) is 7.56. The SMILES string of the molecule is CC.COC(=O)C(CCCc1ccccc1)NC(C)=O. The number of rotatable bonds is 6. The van der Waals surface area contributed by atoms with Crippen molar-refractivity contribution in [2.75, 3.05) is 7.11 Å². The molecule has 4 heteroatoms. The van der Waals surface area contributed by atoms with Gasteiger partial charge in [0.1, 0.15) is 6.04 Å². The molecule has 0 aliphatic carbocycles. The number of ether oxygens (including phenoxy) is 1. The molecule has 0 saturated carbocycles. The molecule has 0 saturated heterocycles. The van der Waals surface area contributed by atoms with Crippen molar-refractivity contribution in [3.63, 3.8) is 0 Å². The van der Waals surface area contributed by atoms with Crippen LogP contribution in [0.1, 0.15) is 39.2 Å². The Hall–Kier alpha value is -1.84. The average molecular weight is 279 g/mol. The van der Waals surface area contributed by atoms with Crippen molar-refractivity contribution in [3.05, 3.63) is 35.9 Å². The average Bonchev–Trinajstić information content (AvgIpc) is 2.48. The first-order chi connectivity index (χ1) is 9.63. The van der Waals surface area contributed by atoms with Crippen LogP contribution < -0.4 is 5.32 Å². The number of carbonyl (C=O) groups excluding carboxylic acids is 2. The Morgan fingerprint density at radius 1 is 1.20 bits per heavy atom. The normalized spacial score (nSPS) is 10.8. The molecule has 0 aliphatic rings. The van der Waals surface area contributed by atoms with Crippen LogP contribution in [-0.4, -0.2) is 25.0 Å². The Labute approximate surface area is 121 Å². The molecule has 0 aromatic heterocycles. The molecule has 112 valence electrons. The van der Waals surface area contributed by atoms with Crippen LogP contribution in [0.15, 0.2) is 30.3 Å². The predicted octanol–water partition coefficient (Wildman–Crippen LogP) is 2.71. The summed E-state index contributed by atoms with van der Waals surface area (Å²) in [6.45, 7) is 5.40. The lowest BCUT2D eigenvalue weighted by atomic mass is 10.0. The van der Waals surface area contributed by atoms with Crippen molar-refractivity contribution < 1.29 is 14.3 Å². The van der Waals surface area contributed by atoms with Gasteiger partial charge in [-0.1, -0.05) is 44.2 Å². The maximum atomic E-state index is 11.5. The Kier molecular flexibility index (Phi) is 10.0. The highest BCUT2D eigenvalue weighted by molar-refractivity contribution is 5.83. The zero-order valence-corrected chi connectivity index (χ0v) is 12.8. The Bertz CT molecular complexity index is 390. The zero-order chi connectivity index (χ0) is 15.4. The van der Waals surface area contributed by atoms with Crippen LogP contribution in [0.4, 0.5) is 0 Å². The van der Waals surface area contributed by atoms with Crippen LogP contribution in [0.2, 0.25) is 0 Å². The van der Waals surface area contributed by atoms with Crippen LogP contribution in [0.25, 0.3) is 0 Å². The fourth-order valence-corrected chi connectivity index (χ4v) is 1.79. The quantitative estimate of drug-likeness (QED) is 0.815. The summed E-state index contributed by atoms with van der Waals surface area (Å²) in [5.74, 6) is -0.608. The van der Waals surface area contributed by atoms with Crippen LogP contribution in [0.5, 0.6) is 0 Å². The van der Waals surface area contributed by atoms with Gasteiger partial charge < -0.3 is 10.1 Å². The molecule has 1 N–H and O–H groups in total. The van der Waals surface area contributed by atoms with Gasteiger partial charge in [0.2, 0.25) is 5.91 Å². The molecule has 0 bridgehead atoms. The van der Waals surface area contributed by atoms with Gasteiger partial charge in [-0.3, -0.25) is 4.79 Å². The number of hydrogen-bond donors (Lipinski definition) is 1. The van der Waals surface area contributed by atoms with E-state index in [2.05, 4.69) is 10.1 Å². The minimum Gasteiger partial charge on any atom is -0.467 e. The summed E-state index contributed by atoms with van der Waals surface area (Å²) >= 11 is 0. The van der Waals surface area contributed by atoms with E-state index in [1.54, 1.807) is 0 Å². The Balaban J connectivity index is 0.00000172. The second-order valence-electron chi connectivity index (χ2n) is 4.15. The molecule has 0 radical (unpaired) electrons. The number of esters is 1. The number of nitrogens with one attached hydrogen (secondary N) is 1. The van der Waals surface area contributed by atoms with Gasteiger partial charge in [-0.2, -0.15) is 0 Å². The van der Waals surface area contributed by atoms with Gasteiger partial charge in [0.05, 0.1) is 7.11 Å². The Morgan fingerprint density at radius 2 is 1.80 bits per heavy atom. The van der Waals surface area contributed by atoms with Crippen LogP contribution in [0, 0.1) is 0 Å². The molecule has 1 aromatic carbocycles. The van der Waals surface area contributed by atoms with Gasteiger partial charge in [0.15, 0.2) is 0 Å². The smallest absolute Gasteiger partial charge is 0.328 e. The number of benzene rings is 1. The molecular weight excluding hydrogens is 254 g/mol. The summed E-state index contributed by atoms with van der Waals surface area (Å²) in [6.07, 6.45) is 2.29. The topological polar surface area (TPSA) is 55.4 Å². The first-order valence-corrected chi connectivity index (χ1v) is 7.02. The third-order valence-electron chi connectivity index (χ3n) is 2.66. The van der Waals surface area contributed by atoms with E-state index in [0.29, 0.717) is 6.42 Å². The van der Waals surface area contributed by atoms with Crippen LogP contribution >= 0.6 is 0 Å². The fourth-order valence-electron chi connectivity index (χ4n) is 1.79. The highest BCUT2D eigenvalue weighted by atomic mass is 16.5. The maximum Gasteiger partial charge on any atom is 0.328 e. The van der Waals surface area contributed by atoms with Gasteiger partial charge >= 0.3 is 5.97 Å². The summed E-state index contributed by atoms with van der Waals surface area (Å²) in [5.41, 5.74) is 1.23. The molecule has 0 fully saturated rings. The van der Waals surface area contributed by atoms with Crippen molar-refractivity contribution in [1.29, 1.82) is 0 Å². The number of hydrogen-bond acceptors (Lipinski definition) is 3. The van der Waals surface area contributed by atoms with E-state index in [1.807, 2.05) is 44.2 Å². The van der Waals surface area contributed by atoms with E-state index in [1.165, 1.54) is 19.6 Å². The van der Waals surface area contributed by atoms with Crippen molar-refractivity contribution in [2.24, 2.45) is 0 Å². The first-order valence-electron chi connectivity index (χ1n) is 7.02. The number of amides is 1. The van der Waals surface area contributed by atoms with Gasteiger partial charge in [0, 0.05) is 6.92 Å². The van der Waals surface area contributed by atoms with Crippen molar-refractivity contribution >= 4 is 11.9 Å². The first kappa shape index (κ1) is 18.2. The summed E-state index contributed by atoms with van der Waals surface area (Å²) in [5, 5.41) is 2.60. The minimum absolute atomic E-state index is 0.217. The lowest BCUT2D eigenvalue weighted by Crippen LogP contribution is -2.40. The largest absolute Gasteiger partial charge is 0.467 e. The molecule has 1 aromatic rings. The molecule has 0 heterocycles. The van der Waals surface area contributed by atoms with Crippen molar-refractivity contribution in [2.45, 2.75) is 46.1 Å². The van der Waals surface area contributed by atoms with Gasteiger partial charge in [0.25, 0.3) is 0 Å².